The van der Waals surface area contributed by atoms with E-state index in [9.17, 15) is 13.2 Å². The number of imidazole rings is 1. The van der Waals surface area contributed by atoms with E-state index < -0.39 is 12.0 Å². The lowest BCUT2D eigenvalue weighted by molar-refractivity contribution is -0.147. The molecule has 0 saturated heterocycles. The van der Waals surface area contributed by atoms with Crippen LogP contribution in [0.4, 0.5) is 13.2 Å². The van der Waals surface area contributed by atoms with Crippen LogP contribution in [-0.2, 0) is 25.7 Å². The van der Waals surface area contributed by atoms with Gasteiger partial charge < -0.3 is 9.88 Å². The molecule has 0 unspecified atom stereocenters. The van der Waals surface area contributed by atoms with Crippen molar-refractivity contribution in [3.05, 3.63) is 17.2 Å². The maximum absolute atomic E-state index is 12.9. The summed E-state index contributed by atoms with van der Waals surface area (Å²) in [5.41, 5.74) is 1.35. The van der Waals surface area contributed by atoms with Gasteiger partial charge in [-0.1, -0.05) is 0 Å². The topological polar surface area (TPSA) is 29.9 Å². The molecule has 2 heterocycles. The maximum Gasteiger partial charge on any atom is 0.449 e. The lowest BCUT2D eigenvalue weighted by atomic mass is 10.2. The molecule has 2 aliphatic rings. The summed E-state index contributed by atoms with van der Waals surface area (Å²) in [6.07, 6.45) is -1.61. The van der Waals surface area contributed by atoms with E-state index in [1.807, 2.05) is 0 Å². The molecular formula is C11H14F3N3. The van der Waals surface area contributed by atoms with Gasteiger partial charge in [0.15, 0.2) is 0 Å². The Balaban J connectivity index is 2.03. The van der Waals surface area contributed by atoms with Gasteiger partial charge in [-0.25, -0.2) is 4.98 Å². The van der Waals surface area contributed by atoms with Crippen molar-refractivity contribution in [2.45, 2.75) is 38.5 Å². The molecule has 3 nitrogen and oxygen atoms in total. The molecule has 6 heteroatoms. The Morgan fingerprint density at radius 3 is 2.76 bits per heavy atom. The van der Waals surface area contributed by atoms with Crippen molar-refractivity contribution in [1.82, 2.24) is 14.9 Å². The highest BCUT2D eigenvalue weighted by atomic mass is 19.4. The molecule has 1 N–H and O–H groups in total. The molecule has 1 fully saturated rings. The molecule has 94 valence electrons. The molecule has 3 rings (SSSR count). The second-order valence-electron chi connectivity index (χ2n) is 4.81. The molecule has 0 aromatic carbocycles. The maximum atomic E-state index is 12.9. The van der Waals surface area contributed by atoms with Gasteiger partial charge in [-0.2, -0.15) is 13.2 Å². The summed E-state index contributed by atoms with van der Waals surface area (Å²) in [6.45, 7) is 1.67. The summed E-state index contributed by atoms with van der Waals surface area (Å²) >= 11 is 0. The van der Waals surface area contributed by atoms with Crippen LogP contribution in [-0.4, -0.2) is 16.1 Å². The highest BCUT2D eigenvalue weighted by molar-refractivity contribution is 5.22. The molecule has 0 bridgehead atoms. The van der Waals surface area contributed by atoms with Crippen LogP contribution in [0.25, 0.3) is 0 Å². The second kappa shape index (κ2) is 3.73. The molecule has 1 saturated carbocycles. The monoisotopic (exact) mass is 245 g/mol. The first-order chi connectivity index (χ1) is 8.05. The minimum Gasteiger partial charge on any atom is -0.324 e. The predicted molar refractivity (Wildman–Crippen MR) is 55.4 cm³/mol. The van der Waals surface area contributed by atoms with Gasteiger partial charge in [-0.3, -0.25) is 0 Å². The average molecular weight is 245 g/mol. The first kappa shape index (κ1) is 11.1. The van der Waals surface area contributed by atoms with Crippen molar-refractivity contribution >= 4 is 0 Å². The number of hydrogen-bond acceptors (Lipinski definition) is 2. The van der Waals surface area contributed by atoms with E-state index in [1.165, 1.54) is 4.57 Å². The summed E-state index contributed by atoms with van der Waals surface area (Å²) < 4.78 is 40.1. The van der Waals surface area contributed by atoms with Crippen molar-refractivity contribution in [3.8, 4) is 0 Å². The highest BCUT2D eigenvalue weighted by Gasteiger charge is 2.40. The Kier molecular flexibility index (Phi) is 2.43. The van der Waals surface area contributed by atoms with E-state index in [4.69, 9.17) is 0 Å². The molecule has 0 atom stereocenters. The Morgan fingerprint density at radius 2 is 2.12 bits per heavy atom. The van der Waals surface area contributed by atoms with Crippen LogP contribution in [0.3, 0.4) is 0 Å². The third kappa shape index (κ3) is 2.06. The predicted octanol–water partition coefficient (Wildman–Crippen LogP) is 1.96. The van der Waals surface area contributed by atoms with Crippen LogP contribution >= 0.6 is 0 Å². The van der Waals surface area contributed by atoms with Gasteiger partial charge >= 0.3 is 6.18 Å². The summed E-state index contributed by atoms with van der Waals surface area (Å²) in [7, 11) is 0. The lowest BCUT2D eigenvalue weighted by Gasteiger charge is -2.16. The van der Waals surface area contributed by atoms with Crippen LogP contribution < -0.4 is 5.32 Å². The fourth-order valence-corrected chi connectivity index (χ4v) is 2.34. The highest BCUT2D eigenvalue weighted by Crippen LogP contribution is 2.36. The van der Waals surface area contributed by atoms with E-state index in [0.717, 1.165) is 25.1 Å². The van der Waals surface area contributed by atoms with Crippen molar-refractivity contribution in [1.29, 1.82) is 0 Å². The molecular weight excluding hydrogens is 231 g/mol. The third-order valence-corrected chi connectivity index (χ3v) is 3.38. The minimum absolute atomic E-state index is 0.421. The van der Waals surface area contributed by atoms with Gasteiger partial charge in [0.2, 0.25) is 5.82 Å². The Hall–Kier alpha value is -1.04. The van der Waals surface area contributed by atoms with Gasteiger partial charge in [0.25, 0.3) is 0 Å². The Morgan fingerprint density at radius 1 is 1.35 bits per heavy atom. The van der Waals surface area contributed by atoms with Crippen LogP contribution in [0.1, 0.15) is 30.1 Å². The van der Waals surface area contributed by atoms with Crippen molar-refractivity contribution in [2.75, 3.05) is 6.54 Å². The Labute approximate surface area is 97.0 Å². The molecule has 0 radical (unpaired) electrons. The normalized spacial score (nSPS) is 20.4. The van der Waals surface area contributed by atoms with Crippen LogP contribution in [0.2, 0.25) is 0 Å². The third-order valence-electron chi connectivity index (χ3n) is 3.38. The number of hydrogen-bond donors (Lipinski definition) is 1. The summed E-state index contributed by atoms with van der Waals surface area (Å²) in [5, 5.41) is 3.06. The zero-order chi connectivity index (χ0) is 12.0. The minimum atomic E-state index is -4.34. The molecule has 1 aliphatic heterocycles. The summed E-state index contributed by atoms with van der Waals surface area (Å²) in [4.78, 5) is 3.78. The number of nitrogens with zero attached hydrogens (tertiary/aromatic N) is 2. The lowest BCUT2D eigenvalue weighted by Crippen LogP contribution is -2.25. The first-order valence-electron chi connectivity index (χ1n) is 5.92. The fraction of sp³-hybridized carbons (Fsp3) is 0.727. The van der Waals surface area contributed by atoms with Gasteiger partial charge in [-0.15, -0.1) is 0 Å². The van der Waals surface area contributed by atoms with E-state index in [2.05, 4.69) is 10.3 Å². The SMILES string of the molecule is FC(F)(F)c1nc2c(n1CC1CC1)CCNC2. The van der Waals surface area contributed by atoms with Gasteiger partial charge in [0, 0.05) is 31.7 Å². The molecule has 1 aromatic heterocycles. The number of nitrogens with one attached hydrogen (secondary N) is 1. The number of fused-ring (bicyclic) bond motifs is 1. The quantitative estimate of drug-likeness (QED) is 0.863. The van der Waals surface area contributed by atoms with Gasteiger partial charge in [-0.05, 0) is 18.8 Å². The number of aromatic nitrogens is 2. The second-order valence-corrected chi connectivity index (χ2v) is 4.81. The van der Waals surface area contributed by atoms with E-state index in [1.54, 1.807) is 0 Å². The molecule has 17 heavy (non-hydrogen) atoms. The van der Waals surface area contributed by atoms with Crippen LogP contribution in [0.15, 0.2) is 0 Å². The standard InChI is InChI=1S/C11H14F3N3/c12-11(13,14)10-16-8-5-15-4-3-9(8)17(10)6-7-1-2-7/h7,15H,1-6H2. The van der Waals surface area contributed by atoms with Crippen LogP contribution in [0, 0.1) is 5.92 Å². The number of rotatable bonds is 2. The molecule has 1 aliphatic carbocycles. The van der Waals surface area contributed by atoms with E-state index in [0.29, 0.717) is 31.1 Å². The average Bonchev–Trinajstić information content (AvgIpc) is 2.98. The number of alkyl halides is 3. The zero-order valence-electron chi connectivity index (χ0n) is 9.35. The molecule has 1 aromatic rings. The first-order valence-corrected chi connectivity index (χ1v) is 5.92. The molecule has 0 amide bonds. The Bertz CT molecular complexity index is 432. The van der Waals surface area contributed by atoms with Crippen molar-refractivity contribution in [3.63, 3.8) is 0 Å². The van der Waals surface area contributed by atoms with E-state index >= 15 is 0 Å². The van der Waals surface area contributed by atoms with Crippen molar-refractivity contribution in [2.24, 2.45) is 5.92 Å². The summed E-state index contributed by atoms with van der Waals surface area (Å²) in [6, 6.07) is 0. The molecule has 0 spiro atoms. The fourth-order valence-electron chi connectivity index (χ4n) is 2.34. The summed E-state index contributed by atoms with van der Waals surface area (Å²) in [5.74, 6) is -0.289. The number of halogens is 3. The smallest absolute Gasteiger partial charge is 0.324 e. The largest absolute Gasteiger partial charge is 0.449 e. The zero-order valence-corrected chi connectivity index (χ0v) is 9.35. The van der Waals surface area contributed by atoms with Gasteiger partial charge in [0.1, 0.15) is 0 Å². The van der Waals surface area contributed by atoms with Gasteiger partial charge in [0.05, 0.1) is 5.69 Å². The van der Waals surface area contributed by atoms with Crippen LogP contribution in [0.5, 0.6) is 0 Å². The van der Waals surface area contributed by atoms with Crippen molar-refractivity contribution < 1.29 is 13.2 Å². The van der Waals surface area contributed by atoms with E-state index in [-0.39, 0.29) is 0 Å².